The standard InChI is InChI=1S/C22H29BrClNO3/c1-4-26-21-13-18(14-25-10-5-11-27-16(2)3)12-20(23)22(21)28-15-17-6-8-19(24)9-7-17/h6-9,12-13,16,25H,4-5,10-11,14-15H2,1-3H3. The van der Waals surface area contributed by atoms with Crippen LogP contribution >= 0.6 is 27.5 Å². The maximum absolute atomic E-state index is 6.03. The number of hydrogen-bond donors (Lipinski definition) is 1. The third-order valence-corrected chi connectivity index (χ3v) is 4.78. The van der Waals surface area contributed by atoms with Crippen LogP contribution in [0.25, 0.3) is 0 Å². The topological polar surface area (TPSA) is 39.7 Å². The third-order valence-electron chi connectivity index (χ3n) is 3.94. The molecule has 6 heteroatoms. The van der Waals surface area contributed by atoms with Crippen LogP contribution in [0.1, 0.15) is 38.3 Å². The van der Waals surface area contributed by atoms with E-state index < -0.39 is 0 Å². The molecule has 0 radical (unpaired) electrons. The molecule has 28 heavy (non-hydrogen) atoms. The molecule has 0 bridgehead atoms. The molecule has 0 aliphatic heterocycles. The van der Waals surface area contributed by atoms with Crippen molar-refractivity contribution in [2.75, 3.05) is 19.8 Å². The van der Waals surface area contributed by atoms with Crippen molar-refractivity contribution in [1.82, 2.24) is 5.32 Å². The summed E-state index contributed by atoms with van der Waals surface area (Å²) in [5.41, 5.74) is 2.19. The summed E-state index contributed by atoms with van der Waals surface area (Å²) in [4.78, 5) is 0. The second-order valence-electron chi connectivity index (χ2n) is 6.70. The predicted molar refractivity (Wildman–Crippen MR) is 119 cm³/mol. The second-order valence-corrected chi connectivity index (χ2v) is 7.99. The van der Waals surface area contributed by atoms with E-state index in [0.717, 1.165) is 47.5 Å². The van der Waals surface area contributed by atoms with Gasteiger partial charge in [0, 0.05) is 18.2 Å². The van der Waals surface area contributed by atoms with E-state index >= 15 is 0 Å². The Morgan fingerprint density at radius 3 is 2.50 bits per heavy atom. The molecule has 0 aliphatic rings. The van der Waals surface area contributed by atoms with Crippen LogP contribution in [0.15, 0.2) is 40.9 Å². The van der Waals surface area contributed by atoms with E-state index in [0.29, 0.717) is 24.0 Å². The van der Waals surface area contributed by atoms with Crippen LogP contribution < -0.4 is 14.8 Å². The number of ether oxygens (including phenoxy) is 3. The van der Waals surface area contributed by atoms with E-state index in [-0.39, 0.29) is 6.10 Å². The van der Waals surface area contributed by atoms with Crippen molar-refractivity contribution < 1.29 is 14.2 Å². The molecule has 2 aromatic rings. The van der Waals surface area contributed by atoms with E-state index in [2.05, 4.69) is 41.2 Å². The van der Waals surface area contributed by atoms with Gasteiger partial charge in [-0.2, -0.15) is 0 Å². The summed E-state index contributed by atoms with van der Waals surface area (Å²) in [7, 11) is 0. The fourth-order valence-corrected chi connectivity index (χ4v) is 3.34. The van der Waals surface area contributed by atoms with Gasteiger partial charge in [0.1, 0.15) is 6.61 Å². The number of nitrogens with one attached hydrogen (secondary N) is 1. The lowest BCUT2D eigenvalue weighted by Gasteiger charge is -2.16. The summed E-state index contributed by atoms with van der Waals surface area (Å²) in [5.74, 6) is 1.46. The highest BCUT2D eigenvalue weighted by Gasteiger charge is 2.13. The van der Waals surface area contributed by atoms with Gasteiger partial charge in [-0.25, -0.2) is 0 Å². The van der Waals surface area contributed by atoms with Gasteiger partial charge >= 0.3 is 0 Å². The number of hydrogen-bond acceptors (Lipinski definition) is 4. The molecule has 0 amide bonds. The first-order valence-electron chi connectivity index (χ1n) is 9.64. The third kappa shape index (κ3) is 8.00. The van der Waals surface area contributed by atoms with Crippen LogP contribution in [-0.4, -0.2) is 25.9 Å². The highest BCUT2D eigenvalue weighted by atomic mass is 79.9. The second kappa shape index (κ2) is 12.3. The number of halogens is 2. The summed E-state index contributed by atoms with van der Waals surface area (Å²) in [6.07, 6.45) is 1.27. The van der Waals surface area contributed by atoms with Crippen molar-refractivity contribution >= 4 is 27.5 Å². The molecule has 4 nitrogen and oxygen atoms in total. The van der Waals surface area contributed by atoms with Crippen molar-refractivity contribution in [3.63, 3.8) is 0 Å². The molecule has 0 fully saturated rings. The van der Waals surface area contributed by atoms with Crippen LogP contribution in [0.3, 0.4) is 0 Å². The maximum Gasteiger partial charge on any atom is 0.175 e. The monoisotopic (exact) mass is 469 g/mol. The lowest BCUT2D eigenvalue weighted by atomic mass is 10.2. The van der Waals surface area contributed by atoms with Crippen LogP contribution in [0.4, 0.5) is 0 Å². The molecule has 0 atom stereocenters. The van der Waals surface area contributed by atoms with Crippen LogP contribution in [-0.2, 0) is 17.9 Å². The molecule has 0 aliphatic carbocycles. The van der Waals surface area contributed by atoms with Crippen molar-refractivity contribution in [1.29, 1.82) is 0 Å². The largest absolute Gasteiger partial charge is 0.490 e. The smallest absolute Gasteiger partial charge is 0.175 e. The molecule has 2 aromatic carbocycles. The van der Waals surface area contributed by atoms with Gasteiger partial charge in [-0.15, -0.1) is 0 Å². The Morgan fingerprint density at radius 2 is 1.82 bits per heavy atom. The lowest BCUT2D eigenvalue weighted by Crippen LogP contribution is -2.17. The first-order valence-corrected chi connectivity index (χ1v) is 10.8. The van der Waals surface area contributed by atoms with Crippen molar-refractivity contribution in [3.05, 3.63) is 57.0 Å². The summed E-state index contributed by atoms with van der Waals surface area (Å²) >= 11 is 9.57. The van der Waals surface area contributed by atoms with Crippen molar-refractivity contribution in [3.8, 4) is 11.5 Å². The molecule has 0 heterocycles. The Kier molecular flexibility index (Phi) is 10.1. The summed E-state index contributed by atoms with van der Waals surface area (Å²) < 4.78 is 18.3. The lowest BCUT2D eigenvalue weighted by molar-refractivity contribution is 0.0770. The van der Waals surface area contributed by atoms with Gasteiger partial charge in [0.15, 0.2) is 11.5 Å². The number of benzene rings is 2. The van der Waals surface area contributed by atoms with E-state index in [1.807, 2.05) is 37.3 Å². The normalized spacial score (nSPS) is 11.1. The van der Waals surface area contributed by atoms with E-state index in [9.17, 15) is 0 Å². The fraction of sp³-hybridized carbons (Fsp3) is 0.455. The highest BCUT2D eigenvalue weighted by Crippen LogP contribution is 2.37. The van der Waals surface area contributed by atoms with Gasteiger partial charge in [0.05, 0.1) is 17.2 Å². The van der Waals surface area contributed by atoms with Gasteiger partial charge in [-0.1, -0.05) is 23.7 Å². The molecule has 0 aromatic heterocycles. The molecule has 0 unspecified atom stereocenters. The summed E-state index contributed by atoms with van der Waals surface area (Å²) in [6.45, 7) is 9.54. The van der Waals surface area contributed by atoms with Crippen LogP contribution in [0.2, 0.25) is 5.02 Å². The van der Waals surface area contributed by atoms with Gasteiger partial charge in [-0.05, 0) is 85.1 Å². The zero-order valence-corrected chi connectivity index (χ0v) is 19.1. The average Bonchev–Trinajstić information content (AvgIpc) is 2.65. The zero-order chi connectivity index (χ0) is 20.4. The Labute approximate surface area is 181 Å². The van der Waals surface area contributed by atoms with Gasteiger partial charge < -0.3 is 19.5 Å². The maximum atomic E-state index is 6.03. The van der Waals surface area contributed by atoms with Crippen molar-refractivity contribution in [2.45, 2.75) is 46.4 Å². The first kappa shape index (κ1) is 23.0. The minimum atomic E-state index is 0.283. The Balaban J connectivity index is 1.95. The van der Waals surface area contributed by atoms with E-state index in [1.165, 1.54) is 0 Å². The molecule has 0 saturated heterocycles. The molecular formula is C22H29BrClNO3. The first-order chi connectivity index (χ1) is 13.5. The molecule has 1 N–H and O–H groups in total. The Morgan fingerprint density at radius 1 is 1.07 bits per heavy atom. The molecule has 0 spiro atoms. The average molecular weight is 471 g/mol. The molecule has 2 rings (SSSR count). The van der Waals surface area contributed by atoms with Crippen LogP contribution in [0, 0.1) is 0 Å². The fourth-order valence-electron chi connectivity index (χ4n) is 2.61. The molecule has 154 valence electrons. The summed E-state index contributed by atoms with van der Waals surface area (Å²) in [5, 5.41) is 4.16. The van der Waals surface area contributed by atoms with E-state index in [4.69, 9.17) is 25.8 Å². The van der Waals surface area contributed by atoms with Crippen molar-refractivity contribution in [2.24, 2.45) is 0 Å². The van der Waals surface area contributed by atoms with Gasteiger partial charge in [0.2, 0.25) is 0 Å². The van der Waals surface area contributed by atoms with Crippen LogP contribution in [0.5, 0.6) is 11.5 Å². The highest BCUT2D eigenvalue weighted by molar-refractivity contribution is 9.10. The molecular weight excluding hydrogens is 442 g/mol. The quantitative estimate of drug-likeness (QED) is 0.387. The molecule has 0 saturated carbocycles. The minimum absolute atomic E-state index is 0.283. The number of rotatable bonds is 12. The van der Waals surface area contributed by atoms with Gasteiger partial charge in [-0.3, -0.25) is 0 Å². The Bertz CT molecular complexity index is 722. The van der Waals surface area contributed by atoms with E-state index in [1.54, 1.807) is 0 Å². The minimum Gasteiger partial charge on any atom is -0.490 e. The summed E-state index contributed by atoms with van der Waals surface area (Å²) in [6, 6.07) is 11.7. The van der Waals surface area contributed by atoms with Gasteiger partial charge in [0.25, 0.3) is 0 Å². The zero-order valence-electron chi connectivity index (χ0n) is 16.8. The predicted octanol–water partition coefficient (Wildman–Crippen LogP) is 5.98. The Hall–Kier alpha value is -1.27. The SMILES string of the molecule is CCOc1cc(CNCCCOC(C)C)cc(Br)c1OCc1ccc(Cl)cc1.